The molecule has 1 fully saturated rings. The Morgan fingerprint density at radius 1 is 1.07 bits per heavy atom. The predicted molar refractivity (Wildman–Crippen MR) is 57.0 cm³/mol. The first-order chi connectivity index (χ1) is 6.46. The van der Waals surface area contributed by atoms with Crippen molar-refractivity contribution in [3.05, 3.63) is 18.5 Å². The molecule has 1 aromatic rings. The highest BCUT2D eigenvalue weighted by atomic mass is 15.2. The normalized spacial score (nSPS) is 23.1. The zero-order valence-corrected chi connectivity index (χ0v) is 9.20. The monoisotopic (exact) mass is 191 g/mol. The lowest BCUT2D eigenvalue weighted by atomic mass is 10.0. The summed E-state index contributed by atoms with van der Waals surface area (Å²) in [4.78, 5) is 8.34. The average molecular weight is 191 g/mol. The van der Waals surface area contributed by atoms with Crippen LogP contribution in [0.4, 0.5) is 5.95 Å². The molecular formula is C11H17N3. The molecule has 0 saturated heterocycles. The Hall–Kier alpha value is -1.12. The van der Waals surface area contributed by atoms with Crippen LogP contribution in [0, 0.1) is 10.8 Å². The molecule has 1 heterocycles. The van der Waals surface area contributed by atoms with Gasteiger partial charge in [0, 0.05) is 18.4 Å². The van der Waals surface area contributed by atoms with Gasteiger partial charge in [-0.1, -0.05) is 27.7 Å². The number of nitrogens with zero attached hydrogens (tertiary/aromatic N) is 2. The summed E-state index contributed by atoms with van der Waals surface area (Å²) in [6, 6.07) is 2.30. The van der Waals surface area contributed by atoms with Crippen molar-refractivity contribution in [2.24, 2.45) is 10.8 Å². The lowest BCUT2D eigenvalue weighted by Gasteiger charge is -2.04. The van der Waals surface area contributed by atoms with Gasteiger partial charge in [-0.05, 0) is 16.9 Å². The molecule has 1 aliphatic carbocycles. The molecule has 3 heteroatoms. The molecule has 0 unspecified atom stereocenters. The van der Waals surface area contributed by atoms with Gasteiger partial charge in [0.1, 0.15) is 0 Å². The van der Waals surface area contributed by atoms with Crippen molar-refractivity contribution >= 4 is 5.95 Å². The molecule has 0 bridgehead atoms. The number of rotatable bonds is 2. The van der Waals surface area contributed by atoms with Gasteiger partial charge in [-0.2, -0.15) is 0 Å². The van der Waals surface area contributed by atoms with Crippen molar-refractivity contribution < 1.29 is 0 Å². The van der Waals surface area contributed by atoms with E-state index < -0.39 is 0 Å². The second-order valence-electron chi connectivity index (χ2n) is 5.09. The third-order valence-corrected chi connectivity index (χ3v) is 3.86. The van der Waals surface area contributed by atoms with Crippen LogP contribution in [0.3, 0.4) is 0 Å². The fourth-order valence-corrected chi connectivity index (χ4v) is 2.06. The Morgan fingerprint density at radius 2 is 1.57 bits per heavy atom. The summed E-state index contributed by atoms with van der Waals surface area (Å²) >= 11 is 0. The van der Waals surface area contributed by atoms with Crippen LogP contribution < -0.4 is 5.32 Å². The highest BCUT2D eigenvalue weighted by Gasteiger charge is 2.65. The number of hydrogen-bond acceptors (Lipinski definition) is 3. The van der Waals surface area contributed by atoms with Gasteiger partial charge in [-0.3, -0.25) is 0 Å². The first kappa shape index (κ1) is 9.44. The minimum absolute atomic E-state index is 0.326. The van der Waals surface area contributed by atoms with Crippen molar-refractivity contribution in [3.63, 3.8) is 0 Å². The summed E-state index contributed by atoms with van der Waals surface area (Å²) in [5.41, 5.74) is 0.651. The maximum absolute atomic E-state index is 4.17. The van der Waals surface area contributed by atoms with E-state index in [0.717, 1.165) is 5.95 Å². The SMILES string of the molecule is CC1(C)C(Nc2ncccn2)C1(C)C. The fourth-order valence-electron chi connectivity index (χ4n) is 2.06. The molecule has 76 valence electrons. The Bertz CT molecular complexity index is 316. The molecule has 1 N–H and O–H groups in total. The molecule has 14 heavy (non-hydrogen) atoms. The van der Waals surface area contributed by atoms with Gasteiger partial charge in [0.25, 0.3) is 0 Å². The zero-order chi connectivity index (χ0) is 10.4. The van der Waals surface area contributed by atoms with E-state index in [1.165, 1.54) is 0 Å². The molecule has 0 aromatic carbocycles. The number of aromatic nitrogens is 2. The Labute approximate surface area is 85.0 Å². The summed E-state index contributed by atoms with van der Waals surface area (Å²) in [7, 11) is 0. The first-order valence-corrected chi connectivity index (χ1v) is 5.00. The van der Waals surface area contributed by atoms with E-state index in [1.54, 1.807) is 12.4 Å². The van der Waals surface area contributed by atoms with Crippen LogP contribution in [0.25, 0.3) is 0 Å². The highest BCUT2D eigenvalue weighted by Crippen LogP contribution is 2.63. The van der Waals surface area contributed by atoms with Crippen LogP contribution in [0.2, 0.25) is 0 Å². The van der Waals surface area contributed by atoms with Crippen LogP contribution in [0.15, 0.2) is 18.5 Å². The van der Waals surface area contributed by atoms with E-state index in [0.29, 0.717) is 16.9 Å². The maximum Gasteiger partial charge on any atom is 0.222 e. The molecule has 0 spiro atoms. The Kier molecular flexibility index (Phi) is 1.81. The maximum atomic E-state index is 4.17. The summed E-state index contributed by atoms with van der Waals surface area (Å²) in [5, 5.41) is 3.37. The van der Waals surface area contributed by atoms with Crippen molar-refractivity contribution in [3.8, 4) is 0 Å². The Balaban J connectivity index is 2.09. The van der Waals surface area contributed by atoms with Crippen molar-refractivity contribution in [1.82, 2.24) is 9.97 Å². The van der Waals surface area contributed by atoms with Crippen LogP contribution >= 0.6 is 0 Å². The molecule has 2 rings (SSSR count). The van der Waals surface area contributed by atoms with Crippen LogP contribution in [-0.4, -0.2) is 16.0 Å². The number of anilines is 1. The minimum atomic E-state index is 0.326. The number of hydrogen-bond donors (Lipinski definition) is 1. The lowest BCUT2D eigenvalue weighted by molar-refractivity contribution is 0.457. The summed E-state index contributed by atoms with van der Waals surface area (Å²) < 4.78 is 0. The third kappa shape index (κ3) is 1.19. The Morgan fingerprint density at radius 3 is 2.00 bits per heavy atom. The van der Waals surface area contributed by atoms with E-state index in [4.69, 9.17) is 0 Å². The van der Waals surface area contributed by atoms with Crippen LogP contribution in [0.1, 0.15) is 27.7 Å². The smallest absolute Gasteiger partial charge is 0.222 e. The standard InChI is InChI=1S/C11H17N3/c1-10(2)8(11(10,3)4)14-9-12-6-5-7-13-9/h5-8H,1-4H3,(H,12,13,14). The van der Waals surface area contributed by atoms with Crippen molar-refractivity contribution in [2.45, 2.75) is 33.7 Å². The molecule has 0 atom stereocenters. The minimum Gasteiger partial charge on any atom is -0.350 e. The quantitative estimate of drug-likeness (QED) is 0.779. The molecule has 0 amide bonds. The summed E-state index contributed by atoms with van der Waals surface area (Å²) in [6.07, 6.45) is 3.52. The molecule has 0 aliphatic heterocycles. The van der Waals surface area contributed by atoms with E-state index in [9.17, 15) is 0 Å². The van der Waals surface area contributed by atoms with E-state index >= 15 is 0 Å². The number of nitrogens with one attached hydrogen (secondary N) is 1. The topological polar surface area (TPSA) is 37.8 Å². The fraction of sp³-hybridized carbons (Fsp3) is 0.636. The molecular weight excluding hydrogens is 174 g/mol. The molecule has 1 aromatic heterocycles. The van der Waals surface area contributed by atoms with Gasteiger partial charge < -0.3 is 5.32 Å². The van der Waals surface area contributed by atoms with Gasteiger partial charge in [-0.25, -0.2) is 9.97 Å². The largest absolute Gasteiger partial charge is 0.350 e. The summed E-state index contributed by atoms with van der Waals surface area (Å²) in [6.45, 7) is 9.09. The van der Waals surface area contributed by atoms with Crippen molar-refractivity contribution in [2.75, 3.05) is 5.32 Å². The van der Waals surface area contributed by atoms with E-state index in [1.807, 2.05) is 6.07 Å². The van der Waals surface area contributed by atoms with Crippen LogP contribution in [-0.2, 0) is 0 Å². The van der Waals surface area contributed by atoms with Gasteiger partial charge in [0.2, 0.25) is 5.95 Å². The molecule has 1 saturated carbocycles. The van der Waals surface area contributed by atoms with Gasteiger partial charge in [0.15, 0.2) is 0 Å². The third-order valence-electron chi connectivity index (χ3n) is 3.86. The van der Waals surface area contributed by atoms with E-state index in [-0.39, 0.29) is 0 Å². The first-order valence-electron chi connectivity index (χ1n) is 5.00. The van der Waals surface area contributed by atoms with Crippen LogP contribution in [0.5, 0.6) is 0 Å². The van der Waals surface area contributed by atoms with Crippen molar-refractivity contribution in [1.29, 1.82) is 0 Å². The second-order valence-corrected chi connectivity index (χ2v) is 5.09. The average Bonchev–Trinajstić information content (AvgIpc) is 2.50. The lowest BCUT2D eigenvalue weighted by Crippen LogP contribution is -2.12. The second kappa shape index (κ2) is 2.69. The van der Waals surface area contributed by atoms with Gasteiger partial charge in [0.05, 0.1) is 0 Å². The zero-order valence-electron chi connectivity index (χ0n) is 9.20. The van der Waals surface area contributed by atoms with E-state index in [2.05, 4.69) is 43.0 Å². The predicted octanol–water partition coefficient (Wildman–Crippen LogP) is 2.32. The van der Waals surface area contributed by atoms with Gasteiger partial charge in [-0.15, -0.1) is 0 Å². The summed E-state index contributed by atoms with van der Waals surface area (Å²) in [5.74, 6) is 0.733. The molecule has 1 aliphatic rings. The van der Waals surface area contributed by atoms with Gasteiger partial charge >= 0.3 is 0 Å². The molecule has 0 radical (unpaired) electrons. The highest BCUT2D eigenvalue weighted by molar-refractivity contribution is 5.35. The molecule has 3 nitrogen and oxygen atoms in total.